The summed E-state index contributed by atoms with van der Waals surface area (Å²) in [5.41, 5.74) is 3.67. The third-order valence-corrected chi connectivity index (χ3v) is 5.00. The Balaban J connectivity index is 1.46. The van der Waals surface area contributed by atoms with E-state index >= 15 is 0 Å². The van der Waals surface area contributed by atoms with Crippen LogP contribution in [0.15, 0.2) is 53.3 Å². The highest BCUT2D eigenvalue weighted by atomic mass is 16.3. The zero-order valence-electron chi connectivity index (χ0n) is 15.1. The quantitative estimate of drug-likeness (QED) is 0.771. The van der Waals surface area contributed by atoms with Gasteiger partial charge in [-0.3, -0.25) is 9.59 Å². The number of hydrogen-bond acceptors (Lipinski definition) is 4. The van der Waals surface area contributed by atoms with Crippen molar-refractivity contribution in [2.24, 2.45) is 5.92 Å². The monoisotopic (exact) mass is 363 g/mol. The summed E-state index contributed by atoms with van der Waals surface area (Å²) in [5.74, 6) is -0.353. The number of nitrogens with zero attached hydrogens (tertiary/aromatic N) is 2. The van der Waals surface area contributed by atoms with Gasteiger partial charge in [-0.25, -0.2) is 4.98 Å². The lowest BCUT2D eigenvalue weighted by Crippen LogP contribution is -2.43. The lowest BCUT2D eigenvalue weighted by atomic mass is 9.96. The fraction of sp³-hybridized carbons (Fsp3) is 0.286. The molecule has 0 aliphatic carbocycles. The van der Waals surface area contributed by atoms with Crippen molar-refractivity contribution in [1.29, 1.82) is 0 Å². The molecule has 27 heavy (non-hydrogen) atoms. The number of para-hydroxylation sites is 1. The average Bonchev–Trinajstić information content (AvgIpc) is 3.18. The Morgan fingerprint density at radius 2 is 2.00 bits per heavy atom. The molecule has 4 rings (SSSR count). The van der Waals surface area contributed by atoms with Crippen LogP contribution in [-0.4, -0.2) is 34.8 Å². The van der Waals surface area contributed by atoms with E-state index in [0.717, 1.165) is 18.4 Å². The number of anilines is 1. The number of carbonyl (C=O) groups is 2. The first-order chi connectivity index (χ1) is 13.1. The second kappa shape index (κ2) is 7.23. The van der Waals surface area contributed by atoms with Crippen LogP contribution in [0.5, 0.6) is 0 Å². The predicted octanol–water partition coefficient (Wildman–Crippen LogP) is 3.63. The maximum Gasteiger partial charge on any atom is 0.253 e. The Labute approximate surface area is 157 Å². The first kappa shape index (κ1) is 17.3. The van der Waals surface area contributed by atoms with Gasteiger partial charge in [-0.05, 0) is 44.0 Å². The van der Waals surface area contributed by atoms with Gasteiger partial charge in [0.1, 0.15) is 5.52 Å². The second-order valence-corrected chi connectivity index (χ2v) is 6.95. The summed E-state index contributed by atoms with van der Waals surface area (Å²) in [6, 6.07) is 13.0. The van der Waals surface area contributed by atoms with E-state index in [4.69, 9.17) is 4.42 Å². The maximum atomic E-state index is 12.8. The molecule has 0 bridgehead atoms. The van der Waals surface area contributed by atoms with Crippen molar-refractivity contribution in [3.63, 3.8) is 0 Å². The third kappa shape index (κ3) is 3.56. The van der Waals surface area contributed by atoms with Gasteiger partial charge in [-0.1, -0.05) is 23.8 Å². The molecule has 6 heteroatoms. The molecule has 0 unspecified atom stereocenters. The molecule has 1 N–H and O–H groups in total. The minimum Gasteiger partial charge on any atom is -0.443 e. The van der Waals surface area contributed by atoms with Crippen LogP contribution in [0.2, 0.25) is 0 Å². The second-order valence-electron chi connectivity index (χ2n) is 6.95. The predicted molar refractivity (Wildman–Crippen MR) is 102 cm³/mol. The number of likely N-dealkylation sites (tertiary alicyclic amines) is 1. The van der Waals surface area contributed by atoms with Crippen LogP contribution < -0.4 is 5.32 Å². The molecule has 0 radical (unpaired) electrons. The van der Waals surface area contributed by atoms with Crippen molar-refractivity contribution >= 4 is 28.6 Å². The van der Waals surface area contributed by atoms with Crippen LogP contribution in [-0.2, 0) is 4.79 Å². The summed E-state index contributed by atoms with van der Waals surface area (Å²) in [7, 11) is 0. The smallest absolute Gasteiger partial charge is 0.253 e. The lowest BCUT2D eigenvalue weighted by molar-refractivity contribution is -0.121. The van der Waals surface area contributed by atoms with Gasteiger partial charge in [-0.2, -0.15) is 0 Å². The molecule has 1 fully saturated rings. The number of piperidine rings is 1. The van der Waals surface area contributed by atoms with Crippen LogP contribution >= 0.6 is 0 Å². The molecule has 1 atom stereocenters. The van der Waals surface area contributed by atoms with Crippen molar-refractivity contribution in [2.45, 2.75) is 19.8 Å². The number of aryl methyl sites for hydroxylation is 1. The highest BCUT2D eigenvalue weighted by Gasteiger charge is 2.29. The van der Waals surface area contributed by atoms with Crippen molar-refractivity contribution in [1.82, 2.24) is 9.88 Å². The molecule has 1 aliphatic rings. The van der Waals surface area contributed by atoms with Gasteiger partial charge in [0.05, 0.1) is 11.6 Å². The van der Waals surface area contributed by atoms with Crippen LogP contribution in [0.25, 0.3) is 11.1 Å². The van der Waals surface area contributed by atoms with Crippen LogP contribution in [0.3, 0.4) is 0 Å². The zero-order valence-corrected chi connectivity index (χ0v) is 15.1. The molecule has 2 heterocycles. The summed E-state index contributed by atoms with van der Waals surface area (Å²) in [5, 5.41) is 2.95. The van der Waals surface area contributed by atoms with E-state index in [0.29, 0.717) is 35.4 Å². The Hall–Kier alpha value is -3.15. The van der Waals surface area contributed by atoms with E-state index in [2.05, 4.69) is 10.3 Å². The first-order valence-electron chi connectivity index (χ1n) is 9.11. The topological polar surface area (TPSA) is 75.4 Å². The number of benzene rings is 2. The number of hydrogen-bond donors (Lipinski definition) is 1. The molecular weight excluding hydrogens is 342 g/mol. The summed E-state index contributed by atoms with van der Waals surface area (Å²) < 4.78 is 5.28. The minimum absolute atomic E-state index is 0.0221. The highest BCUT2D eigenvalue weighted by molar-refractivity contribution is 6.00. The lowest BCUT2D eigenvalue weighted by Gasteiger charge is -2.32. The van der Waals surface area contributed by atoms with Gasteiger partial charge in [0, 0.05) is 18.7 Å². The van der Waals surface area contributed by atoms with Crippen molar-refractivity contribution in [2.75, 3.05) is 18.4 Å². The van der Waals surface area contributed by atoms with E-state index in [-0.39, 0.29) is 17.7 Å². The van der Waals surface area contributed by atoms with Gasteiger partial charge in [-0.15, -0.1) is 0 Å². The van der Waals surface area contributed by atoms with Crippen molar-refractivity contribution in [3.8, 4) is 0 Å². The molecular formula is C21H21N3O3. The molecule has 3 aromatic rings. The third-order valence-electron chi connectivity index (χ3n) is 5.00. The van der Waals surface area contributed by atoms with Gasteiger partial charge in [0.15, 0.2) is 12.0 Å². The molecule has 1 saturated heterocycles. The number of nitrogens with one attached hydrogen (secondary N) is 1. The zero-order chi connectivity index (χ0) is 18.8. The largest absolute Gasteiger partial charge is 0.443 e. The van der Waals surface area contributed by atoms with Crippen LogP contribution in [0.4, 0.5) is 5.69 Å². The summed E-state index contributed by atoms with van der Waals surface area (Å²) in [6.07, 6.45) is 2.94. The Morgan fingerprint density at radius 1 is 1.19 bits per heavy atom. The van der Waals surface area contributed by atoms with Gasteiger partial charge < -0.3 is 14.6 Å². The Bertz CT molecular complexity index is 978. The molecule has 1 aromatic heterocycles. The van der Waals surface area contributed by atoms with Gasteiger partial charge in [0.25, 0.3) is 5.91 Å². The number of oxazole rings is 1. The average molecular weight is 363 g/mol. The standard InChI is InChI=1S/C21H21N3O3/c1-14-7-9-15(10-8-14)21(26)24-11-3-4-16(12-24)20(25)23-17-5-2-6-18-19(17)22-13-27-18/h2,5-10,13,16H,3-4,11-12H2,1H3,(H,23,25)/t16-/m1/s1. The number of fused-ring (bicyclic) bond motifs is 1. The number of carbonyl (C=O) groups excluding carboxylic acids is 2. The molecule has 138 valence electrons. The fourth-order valence-corrected chi connectivity index (χ4v) is 3.48. The SMILES string of the molecule is Cc1ccc(C(=O)N2CCC[C@@H](C(=O)Nc3cccc4ocnc34)C2)cc1. The summed E-state index contributed by atoms with van der Waals surface area (Å²) >= 11 is 0. The van der Waals surface area contributed by atoms with Crippen molar-refractivity contribution in [3.05, 3.63) is 60.0 Å². The normalized spacial score (nSPS) is 17.1. The van der Waals surface area contributed by atoms with Gasteiger partial charge >= 0.3 is 0 Å². The number of aromatic nitrogens is 1. The van der Waals surface area contributed by atoms with E-state index in [1.165, 1.54) is 6.39 Å². The van der Waals surface area contributed by atoms with E-state index in [1.54, 1.807) is 17.0 Å². The number of rotatable bonds is 3. The Kier molecular flexibility index (Phi) is 4.62. The fourth-order valence-electron chi connectivity index (χ4n) is 3.48. The maximum absolute atomic E-state index is 12.8. The van der Waals surface area contributed by atoms with E-state index in [1.807, 2.05) is 37.3 Å². The molecule has 2 amide bonds. The van der Waals surface area contributed by atoms with Crippen LogP contribution in [0.1, 0.15) is 28.8 Å². The molecule has 0 saturated carbocycles. The van der Waals surface area contributed by atoms with Crippen molar-refractivity contribution < 1.29 is 14.0 Å². The highest BCUT2D eigenvalue weighted by Crippen LogP contribution is 2.24. The molecule has 0 spiro atoms. The molecule has 2 aromatic carbocycles. The van der Waals surface area contributed by atoms with E-state index < -0.39 is 0 Å². The van der Waals surface area contributed by atoms with Gasteiger partial charge in [0.2, 0.25) is 5.91 Å². The molecule has 1 aliphatic heterocycles. The summed E-state index contributed by atoms with van der Waals surface area (Å²) in [6.45, 7) is 3.09. The first-order valence-corrected chi connectivity index (χ1v) is 9.11. The minimum atomic E-state index is -0.240. The Morgan fingerprint density at radius 3 is 2.81 bits per heavy atom. The van der Waals surface area contributed by atoms with E-state index in [9.17, 15) is 9.59 Å². The summed E-state index contributed by atoms with van der Waals surface area (Å²) in [4.78, 5) is 31.5. The molecule has 6 nitrogen and oxygen atoms in total. The van der Waals surface area contributed by atoms with Crippen LogP contribution in [0, 0.1) is 12.8 Å². The number of amides is 2.